The summed E-state index contributed by atoms with van der Waals surface area (Å²) in [7, 11) is 0. The van der Waals surface area contributed by atoms with Crippen molar-refractivity contribution in [1.29, 1.82) is 0 Å². The predicted molar refractivity (Wildman–Crippen MR) is 74.0 cm³/mol. The molecule has 0 amide bonds. The van der Waals surface area contributed by atoms with Crippen molar-refractivity contribution >= 4 is 0 Å². The first-order valence-corrected chi connectivity index (χ1v) is 6.79. The molecule has 4 nitrogen and oxygen atoms in total. The minimum absolute atomic E-state index is 0.198. The maximum atomic E-state index is 5.99. The lowest BCUT2D eigenvalue weighted by Gasteiger charge is -2.15. The Morgan fingerprint density at radius 2 is 2.11 bits per heavy atom. The molecule has 2 atom stereocenters. The third-order valence-electron chi connectivity index (χ3n) is 3.62. The molecule has 19 heavy (non-hydrogen) atoms. The Labute approximate surface area is 113 Å². The van der Waals surface area contributed by atoms with Gasteiger partial charge in [0.15, 0.2) is 0 Å². The SMILES string of the molecule is NC1CCCC1OCc1cnn(-c2ccccc2)c1. The Bertz CT molecular complexity index is 523. The number of benzene rings is 1. The number of hydrogen-bond donors (Lipinski definition) is 1. The summed E-state index contributed by atoms with van der Waals surface area (Å²) in [6, 6.07) is 10.3. The third kappa shape index (κ3) is 2.85. The molecular formula is C15H19N3O. The van der Waals surface area contributed by atoms with Gasteiger partial charge in [-0.3, -0.25) is 0 Å². The minimum Gasteiger partial charge on any atom is -0.372 e. The monoisotopic (exact) mass is 257 g/mol. The predicted octanol–water partition coefficient (Wildman–Crippen LogP) is 2.27. The molecule has 4 heteroatoms. The van der Waals surface area contributed by atoms with Crippen LogP contribution in [-0.2, 0) is 11.3 Å². The number of rotatable bonds is 4. The van der Waals surface area contributed by atoms with E-state index in [2.05, 4.69) is 5.10 Å². The molecule has 0 bridgehead atoms. The molecule has 1 fully saturated rings. The molecule has 1 saturated carbocycles. The van der Waals surface area contributed by atoms with Crippen LogP contribution in [0.15, 0.2) is 42.7 Å². The van der Waals surface area contributed by atoms with Crippen LogP contribution >= 0.6 is 0 Å². The molecule has 0 aliphatic heterocycles. The number of aromatic nitrogens is 2. The van der Waals surface area contributed by atoms with Crippen molar-refractivity contribution in [2.45, 2.75) is 38.0 Å². The van der Waals surface area contributed by atoms with Crippen molar-refractivity contribution in [1.82, 2.24) is 9.78 Å². The molecule has 2 aromatic rings. The lowest BCUT2D eigenvalue weighted by atomic mass is 10.2. The van der Waals surface area contributed by atoms with Crippen LogP contribution in [0.5, 0.6) is 0 Å². The average molecular weight is 257 g/mol. The van der Waals surface area contributed by atoms with E-state index in [1.807, 2.05) is 47.4 Å². The summed E-state index contributed by atoms with van der Waals surface area (Å²) >= 11 is 0. The van der Waals surface area contributed by atoms with Gasteiger partial charge < -0.3 is 10.5 Å². The van der Waals surface area contributed by atoms with Crippen LogP contribution in [0.3, 0.4) is 0 Å². The second kappa shape index (κ2) is 5.55. The van der Waals surface area contributed by atoms with Gasteiger partial charge in [0.2, 0.25) is 0 Å². The van der Waals surface area contributed by atoms with E-state index in [-0.39, 0.29) is 12.1 Å². The highest BCUT2D eigenvalue weighted by Crippen LogP contribution is 2.21. The second-order valence-corrected chi connectivity index (χ2v) is 5.07. The first kappa shape index (κ1) is 12.4. The highest BCUT2D eigenvalue weighted by Gasteiger charge is 2.24. The van der Waals surface area contributed by atoms with E-state index >= 15 is 0 Å². The van der Waals surface area contributed by atoms with Gasteiger partial charge in [-0.1, -0.05) is 18.2 Å². The maximum Gasteiger partial charge on any atom is 0.0752 e. The molecule has 0 radical (unpaired) electrons. The number of ether oxygens (including phenoxy) is 1. The molecule has 1 aliphatic carbocycles. The highest BCUT2D eigenvalue weighted by atomic mass is 16.5. The fourth-order valence-corrected chi connectivity index (χ4v) is 2.52. The molecule has 1 aromatic carbocycles. The zero-order valence-corrected chi connectivity index (χ0v) is 10.9. The van der Waals surface area contributed by atoms with Crippen molar-refractivity contribution in [3.8, 4) is 5.69 Å². The van der Waals surface area contributed by atoms with Gasteiger partial charge in [-0.05, 0) is 31.4 Å². The zero-order chi connectivity index (χ0) is 13.1. The van der Waals surface area contributed by atoms with Crippen LogP contribution in [-0.4, -0.2) is 21.9 Å². The van der Waals surface area contributed by atoms with Crippen molar-refractivity contribution in [2.24, 2.45) is 5.73 Å². The summed E-state index contributed by atoms with van der Waals surface area (Å²) in [4.78, 5) is 0. The van der Waals surface area contributed by atoms with Crippen LogP contribution in [0.1, 0.15) is 24.8 Å². The quantitative estimate of drug-likeness (QED) is 0.914. The largest absolute Gasteiger partial charge is 0.372 e. The van der Waals surface area contributed by atoms with E-state index in [1.54, 1.807) is 0 Å². The summed E-state index contributed by atoms with van der Waals surface area (Å²) < 4.78 is 7.74. The average Bonchev–Trinajstić information content (AvgIpc) is 3.06. The van der Waals surface area contributed by atoms with Gasteiger partial charge in [0.05, 0.1) is 24.6 Å². The van der Waals surface area contributed by atoms with E-state index in [0.717, 1.165) is 24.1 Å². The Hall–Kier alpha value is -1.65. The van der Waals surface area contributed by atoms with Crippen LogP contribution in [0.4, 0.5) is 0 Å². The normalized spacial score (nSPS) is 22.8. The van der Waals surface area contributed by atoms with Crippen LogP contribution in [0.2, 0.25) is 0 Å². The van der Waals surface area contributed by atoms with E-state index in [4.69, 9.17) is 10.5 Å². The van der Waals surface area contributed by atoms with E-state index in [1.165, 1.54) is 6.42 Å². The first-order valence-electron chi connectivity index (χ1n) is 6.79. The summed E-state index contributed by atoms with van der Waals surface area (Å²) in [5, 5.41) is 4.36. The first-order chi connectivity index (χ1) is 9.33. The lowest BCUT2D eigenvalue weighted by Crippen LogP contribution is -2.31. The third-order valence-corrected chi connectivity index (χ3v) is 3.62. The topological polar surface area (TPSA) is 53.1 Å². The molecule has 1 heterocycles. The summed E-state index contributed by atoms with van der Waals surface area (Å²) in [5.41, 5.74) is 8.14. The Kier molecular flexibility index (Phi) is 3.62. The molecule has 0 saturated heterocycles. The Morgan fingerprint density at radius 3 is 2.84 bits per heavy atom. The number of nitrogens with two attached hydrogens (primary N) is 1. The molecule has 2 unspecified atom stereocenters. The molecular weight excluding hydrogens is 238 g/mol. The molecule has 100 valence electrons. The second-order valence-electron chi connectivity index (χ2n) is 5.07. The smallest absolute Gasteiger partial charge is 0.0752 e. The molecule has 3 rings (SSSR count). The van der Waals surface area contributed by atoms with Gasteiger partial charge in [0.25, 0.3) is 0 Å². The van der Waals surface area contributed by atoms with Gasteiger partial charge in [-0.25, -0.2) is 4.68 Å². The Morgan fingerprint density at radius 1 is 1.26 bits per heavy atom. The zero-order valence-electron chi connectivity index (χ0n) is 10.9. The maximum absolute atomic E-state index is 5.99. The van der Waals surface area contributed by atoms with Crippen molar-refractivity contribution in [2.75, 3.05) is 0 Å². The van der Waals surface area contributed by atoms with Crippen molar-refractivity contribution < 1.29 is 4.74 Å². The standard InChI is InChI=1S/C15H19N3O/c16-14-7-4-8-15(14)19-11-12-9-17-18(10-12)13-5-2-1-3-6-13/h1-3,5-6,9-10,14-15H,4,7-8,11,16H2. The number of para-hydroxylation sites is 1. The Balaban J connectivity index is 1.62. The van der Waals surface area contributed by atoms with Gasteiger partial charge in [0.1, 0.15) is 0 Å². The number of nitrogens with zero attached hydrogens (tertiary/aromatic N) is 2. The highest BCUT2D eigenvalue weighted by molar-refractivity contribution is 5.30. The fraction of sp³-hybridized carbons (Fsp3) is 0.400. The van der Waals surface area contributed by atoms with Crippen LogP contribution in [0, 0.1) is 0 Å². The molecule has 2 N–H and O–H groups in total. The molecule has 0 spiro atoms. The molecule has 1 aromatic heterocycles. The molecule has 1 aliphatic rings. The van der Waals surface area contributed by atoms with E-state index < -0.39 is 0 Å². The van der Waals surface area contributed by atoms with Gasteiger partial charge in [0, 0.05) is 17.8 Å². The lowest BCUT2D eigenvalue weighted by molar-refractivity contribution is 0.0357. The van der Waals surface area contributed by atoms with Crippen molar-refractivity contribution in [3.63, 3.8) is 0 Å². The van der Waals surface area contributed by atoms with Gasteiger partial charge in [-0.15, -0.1) is 0 Å². The van der Waals surface area contributed by atoms with E-state index in [9.17, 15) is 0 Å². The summed E-state index contributed by atoms with van der Waals surface area (Å²) in [5.74, 6) is 0. The summed E-state index contributed by atoms with van der Waals surface area (Å²) in [6.07, 6.45) is 7.40. The van der Waals surface area contributed by atoms with Crippen LogP contribution in [0.25, 0.3) is 5.69 Å². The van der Waals surface area contributed by atoms with Crippen molar-refractivity contribution in [3.05, 3.63) is 48.3 Å². The van der Waals surface area contributed by atoms with Gasteiger partial charge >= 0.3 is 0 Å². The van der Waals surface area contributed by atoms with E-state index in [0.29, 0.717) is 6.61 Å². The van der Waals surface area contributed by atoms with Gasteiger partial charge in [-0.2, -0.15) is 5.10 Å². The fourth-order valence-electron chi connectivity index (χ4n) is 2.52. The minimum atomic E-state index is 0.198. The summed E-state index contributed by atoms with van der Waals surface area (Å²) in [6.45, 7) is 0.588. The van der Waals surface area contributed by atoms with Crippen LogP contribution < -0.4 is 5.73 Å². The number of hydrogen-bond acceptors (Lipinski definition) is 3.